The molecular weight excluding hydrogens is 118 g/mol. The van der Waals surface area contributed by atoms with Crippen LogP contribution in [-0.4, -0.2) is 15.1 Å². The molecule has 0 bridgehead atoms. The van der Waals surface area contributed by atoms with E-state index in [0.717, 1.165) is 0 Å². The van der Waals surface area contributed by atoms with Crippen LogP contribution in [0.25, 0.3) is 0 Å². The number of aliphatic hydroxyl groups excluding tert-OH is 1. The van der Waals surface area contributed by atoms with E-state index in [1.165, 1.54) is 12.4 Å². The summed E-state index contributed by atoms with van der Waals surface area (Å²) in [7, 11) is 0. The number of hydrogen-bond acceptors (Lipinski definition) is 4. The van der Waals surface area contributed by atoms with Crippen molar-refractivity contribution in [1.82, 2.24) is 9.97 Å². The quantitative estimate of drug-likeness (QED) is 0.533. The molecule has 0 aliphatic rings. The Morgan fingerprint density at radius 2 is 2.33 bits per heavy atom. The predicted octanol–water partition coefficient (Wildman–Crippen LogP) is -0.449. The van der Waals surface area contributed by atoms with Crippen molar-refractivity contribution in [2.75, 3.05) is 5.73 Å². The fourth-order valence-corrected chi connectivity index (χ4v) is 0.499. The average Bonchev–Trinajstić information content (AvgIpc) is 1.88. The Morgan fingerprint density at radius 3 is 2.78 bits per heavy atom. The molecule has 0 radical (unpaired) electrons. The predicted molar refractivity (Wildman–Crippen MR) is 32.4 cm³/mol. The Balaban J connectivity index is 2.94. The number of nitrogens with zero attached hydrogens (tertiary/aromatic N) is 2. The smallest absolute Gasteiger partial charge is 0.142 e. The molecule has 0 aliphatic heterocycles. The molecule has 1 heterocycles. The number of aromatic nitrogens is 2. The van der Waals surface area contributed by atoms with Crippen molar-refractivity contribution in [3.8, 4) is 0 Å². The topological polar surface area (TPSA) is 72.0 Å². The van der Waals surface area contributed by atoms with Gasteiger partial charge in [0.1, 0.15) is 5.82 Å². The molecule has 3 N–H and O–H groups in total. The number of anilines is 1. The summed E-state index contributed by atoms with van der Waals surface area (Å²) in [5.74, 6) is 0.335. The molecule has 48 valence electrons. The Bertz CT molecular complexity index is 201. The molecule has 0 aromatic carbocycles. The first kappa shape index (κ1) is 5.97. The van der Waals surface area contributed by atoms with E-state index in [4.69, 9.17) is 10.8 Å². The van der Waals surface area contributed by atoms with Crippen LogP contribution in [0.2, 0.25) is 0 Å². The minimum atomic E-state index is -0.113. The van der Waals surface area contributed by atoms with Crippen molar-refractivity contribution >= 4 is 5.82 Å². The molecule has 0 fully saturated rings. The zero-order chi connectivity index (χ0) is 6.69. The Labute approximate surface area is 52.4 Å². The molecule has 1 aromatic rings. The Kier molecular flexibility index (Phi) is 1.60. The second kappa shape index (κ2) is 2.41. The molecule has 1 aromatic heterocycles. The maximum Gasteiger partial charge on any atom is 0.142 e. The van der Waals surface area contributed by atoms with Gasteiger partial charge < -0.3 is 10.8 Å². The average molecular weight is 125 g/mol. The van der Waals surface area contributed by atoms with E-state index < -0.39 is 0 Å². The van der Waals surface area contributed by atoms with Crippen molar-refractivity contribution in [3.05, 3.63) is 18.1 Å². The molecule has 0 unspecified atom stereocenters. The van der Waals surface area contributed by atoms with Gasteiger partial charge in [-0.25, -0.2) is 4.98 Å². The minimum Gasteiger partial charge on any atom is -0.390 e. The van der Waals surface area contributed by atoms with Crippen LogP contribution in [0.3, 0.4) is 0 Å². The third-order valence-electron chi connectivity index (χ3n) is 0.865. The number of aliphatic hydroxyl groups is 1. The lowest BCUT2D eigenvalue weighted by Gasteiger charge is -1.93. The molecule has 0 atom stereocenters. The van der Waals surface area contributed by atoms with Crippen LogP contribution in [0.15, 0.2) is 12.4 Å². The second-order valence-electron chi connectivity index (χ2n) is 1.59. The number of nitrogens with two attached hydrogens (primary N) is 1. The van der Waals surface area contributed by atoms with Crippen LogP contribution >= 0.6 is 0 Å². The number of hydrogen-bond donors (Lipinski definition) is 2. The molecule has 0 saturated carbocycles. The van der Waals surface area contributed by atoms with E-state index in [-0.39, 0.29) is 6.61 Å². The minimum absolute atomic E-state index is 0.113. The first-order chi connectivity index (χ1) is 4.33. The second-order valence-corrected chi connectivity index (χ2v) is 1.59. The Hall–Kier alpha value is -1.16. The maximum atomic E-state index is 8.50. The van der Waals surface area contributed by atoms with Crippen LogP contribution in [-0.2, 0) is 6.61 Å². The Morgan fingerprint density at radius 1 is 1.56 bits per heavy atom. The van der Waals surface area contributed by atoms with Crippen molar-refractivity contribution in [2.24, 2.45) is 0 Å². The zero-order valence-electron chi connectivity index (χ0n) is 4.78. The van der Waals surface area contributed by atoms with Gasteiger partial charge in [-0.2, -0.15) is 0 Å². The van der Waals surface area contributed by atoms with E-state index in [0.29, 0.717) is 11.5 Å². The standard InChI is InChI=1S/C5H7N3O/c6-5-2-7-1-4(3-9)8-5/h1-2,9H,3H2,(H2,6,8). The van der Waals surface area contributed by atoms with E-state index in [9.17, 15) is 0 Å². The lowest BCUT2D eigenvalue weighted by atomic mass is 10.5. The van der Waals surface area contributed by atoms with Gasteiger partial charge in [-0.05, 0) is 0 Å². The van der Waals surface area contributed by atoms with Crippen LogP contribution in [0, 0.1) is 0 Å². The van der Waals surface area contributed by atoms with Crippen molar-refractivity contribution in [3.63, 3.8) is 0 Å². The molecule has 9 heavy (non-hydrogen) atoms. The molecule has 4 nitrogen and oxygen atoms in total. The fourth-order valence-electron chi connectivity index (χ4n) is 0.499. The van der Waals surface area contributed by atoms with Gasteiger partial charge in [-0.15, -0.1) is 0 Å². The van der Waals surface area contributed by atoms with Gasteiger partial charge >= 0.3 is 0 Å². The monoisotopic (exact) mass is 125 g/mol. The van der Waals surface area contributed by atoms with Gasteiger partial charge in [0.25, 0.3) is 0 Å². The molecule has 0 saturated heterocycles. The summed E-state index contributed by atoms with van der Waals surface area (Å²) in [4.78, 5) is 7.46. The van der Waals surface area contributed by atoms with E-state index >= 15 is 0 Å². The molecule has 0 aliphatic carbocycles. The molecule has 0 amide bonds. The third-order valence-corrected chi connectivity index (χ3v) is 0.865. The fraction of sp³-hybridized carbons (Fsp3) is 0.200. The highest BCUT2D eigenvalue weighted by Gasteiger charge is 1.90. The summed E-state index contributed by atoms with van der Waals surface area (Å²) in [5, 5.41) is 8.50. The number of nitrogen functional groups attached to an aromatic ring is 1. The molecule has 0 spiro atoms. The SMILES string of the molecule is Nc1cncc(CO)n1. The summed E-state index contributed by atoms with van der Waals surface area (Å²) in [5.41, 5.74) is 5.74. The van der Waals surface area contributed by atoms with Crippen LogP contribution in [0.5, 0.6) is 0 Å². The normalized spacial score (nSPS) is 9.44. The van der Waals surface area contributed by atoms with E-state index in [1.807, 2.05) is 0 Å². The highest BCUT2D eigenvalue weighted by Crippen LogP contribution is 1.94. The summed E-state index contributed by atoms with van der Waals surface area (Å²) in [6, 6.07) is 0. The summed E-state index contributed by atoms with van der Waals surface area (Å²) < 4.78 is 0. The van der Waals surface area contributed by atoms with Crippen LogP contribution in [0.1, 0.15) is 5.69 Å². The molecule has 4 heteroatoms. The maximum absolute atomic E-state index is 8.50. The summed E-state index contributed by atoms with van der Waals surface area (Å²) >= 11 is 0. The van der Waals surface area contributed by atoms with E-state index in [2.05, 4.69) is 9.97 Å². The van der Waals surface area contributed by atoms with Crippen LogP contribution < -0.4 is 5.73 Å². The van der Waals surface area contributed by atoms with Gasteiger partial charge in [0.15, 0.2) is 0 Å². The van der Waals surface area contributed by atoms with Crippen LogP contribution in [0.4, 0.5) is 5.82 Å². The first-order valence-corrected chi connectivity index (χ1v) is 2.50. The summed E-state index contributed by atoms with van der Waals surface area (Å²) in [6.07, 6.45) is 2.90. The molecular formula is C5H7N3O. The highest BCUT2D eigenvalue weighted by molar-refractivity contribution is 5.23. The lowest BCUT2D eigenvalue weighted by Crippen LogP contribution is -1.95. The van der Waals surface area contributed by atoms with Gasteiger partial charge in [0.05, 0.1) is 24.7 Å². The van der Waals surface area contributed by atoms with Crippen molar-refractivity contribution < 1.29 is 5.11 Å². The van der Waals surface area contributed by atoms with Crippen molar-refractivity contribution in [2.45, 2.75) is 6.61 Å². The van der Waals surface area contributed by atoms with Gasteiger partial charge in [-0.1, -0.05) is 0 Å². The van der Waals surface area contributed by atoms with Gasteiger partial charge in [0, 0.05) is 0 Å². The summed E-state index contributed by atoms with van der Waals surface area (Å²) in [6.45, 7) is -0.113. The third kappa shape index (κ3) is 1.36. The zero-order valence-corrected chi connectivity index (χ0v) is 4.78. The molecule has 1 rings (SSSR count). The first-order valence-electron chi connectivity index (χ1n) is 2.50. The number of rotatable bonds is 1. The van der Waals surface area contributed by atoms with Gasteiger partial charge in [-0.3, -0.25) is 4.98 Å². The lowest BCUT2D eigenvalue weighted by molar-refractivity contribution is 0.276. The highest BCUT2D eigenvalue weighted by atomic mass is 16.3. The van der Waals surface area contributed by atoms with Crippen molar-refractivity contribution in [1.29, 1.82) is 0 Å². The van der Waals surface area contributed by atoms with Gasteiger partial charge in [0.2, 0.25) is 0 Å². The largest absolute Gasteiger partial charge is 0.390 e. The van der Waals surface area contributed by atoms with E-state index in [1.54, 1.807) is 0 Å².